The Kier molecular flexibility index (Phi) is 5.56. The summed E-state index contributed by atoms with van der Waals surface area (Å²) in [6.45, 7) is 3.38. The maximum absolute atomic E-state index is 12.9. The first-order valence-corrected chi connectivity index (χ1v) is 8.94. The van der Waals surface area contributed by atoms with Gasteiger partial charge in [0.25, 0.3) is 5.91 Å². The zero-order valence-electron chi connectivity index (χ0n) is 14.9. The van der Waals surface area contributed by atoms with Gasteiger partial charge in [0.05, 0.1) is 12.5 Å². The van der Waals surface area contributed by atoms with Crippen LogP contribution in [0.4, 0.5) is 0 Å². The van der Waals surface area contributed by atoms with Crippen molar-refractivity contribution >= 4 is 11.9 Å². The molecular weight excluding hydrogens is 330 g/mol. The number of carboxylic acid groups (broad SMARTS) is 1. The summed E-state index contributed by atoms with van der Waals surface area (Å²) in [6, 6.07) is 15.2. The Balaban J connectivity index is 1.85. The van der Waals surface area contributed by atoms with Gasteiger partial charge in [-0.25, -0.2) is 0 Å². The number of carbonyl (C=O) groups is 2. The van der Waals surface area contributed by atoms with Crippen LogP contribution < -0.4 is 4.74 Å². The first-order valence-electron chi connectivity index (χ1n) is 8.94. The number of hydrogen-bond donors (Lipinski definition) is 1. The first-order chi connectivity index (χ1) is 12.6. The van der Waals surface area contributed by atoms with Crippen LogP contribution in [0.2, 0.25) is 0 Å². The van der Waals surface area contributed by atoms with Crippen LogP contribution in [0.25, 0.3) is 11.1 Å². The second-order valence-corrected chi connectivity index (χ2v) is 6.44. The summed E-state index contributed by atoms with van der Waals surface area (Å²) >= 11 is 0. The third-order valence-electron chi connectivity index (χ3n) is 4.67. The van der Waals surface area contributed by atoms with Crippen LogP contribution in [0.15, 0.2) is 48.5 Å². The number of carboxylic acids is 1. The number of piperidine rings is 1. The molecule has 5 heteroatoms. The van der Waals surface area contributed by atoms with Crippen LogP contribution in [0.3, 0.4) is 0 Å². The van der Waals surface area contributed by atoms with Gasteiger partial charge in [0.1, 0.15) is 5.75 Å². The fraction of sp³-hybridized carbons (Fsp3) is 0.333. The molecule has 0 aromatic heterocycles. The Hall–Kier alpha value is -2.82. The number of rotatable bonds is 5. The van der Waals surface area contributed by atoms with E-state index in [9.17, 15) is 14.7 Å². The molecule has 1 fully saturated rings. The molecule has 1 N–H and O–H groups in total. The van der Waals surface area contributed by atoms with Gasteiger partial charge in [-0.15, -0.1) is 0 Å². The molecule has 26 heavy (non-hydrogen) atoms. The summed E-state index contributed by atoms with van der Waals surface area (Å²) in [7, 11) is 0. The highest BCUT2D eigenvalue weighted by Gasteiger charge is 2.28. The van der Waals surface area contributed by atoms with Crippen molar-refractivity contribution in [3.05, 3.63) is 54.1 Å². The minimum atomic E-state index is -0.832. The smallest absolute Gasteiger partial charge is 0.308 e. The number of likely N-dealkylation sites (tertiary alicyclic amines) is 1. The Labute approximate surface area is 153 Å². The predicted octanol–water partition coefficient (Wildman–Crippen LogP) is 3.69. The summed E-state index contributed by atoms with van der Waals surface area (Å²) in [5.41, 5.74) is 2.41. The van der Waals surface area contributed by atoms with E-state index in [1.54, 1.807) is 11.0 Å². The zero-order chi connectivity index (χ0) is 18.5. The number of amides is 1. The van der Waals surface area contributed by atoms with Crippen molar-refractivity contribution in [1.82, 2.24) is 4.90 Å². The second-order valence-electron chi connectivity index (χ2n) is 6.44. The van der Waals surface area contributed by atoms with E-state index in [0.29, 0.717) is 25.1 Å². The summed E-state index contributed by atoms with van der Waals surface area (Å²) < 4.78 is 5.69. The summed E-state index contributed by atoms with van der Waals surface area (Å²) in [6.07, 6.45) is 1.34. The van der Waals surface area contributed by atoms with Gasteiger partial charge in [-0.05, 0) is 43.5 Å². The van der Waals surface area contributed by atoms with Gasteiger partial charge in [-0.1, -0.05) is 30.3 Å². The number of hydrogen-bond acceptors (Lipinski definition) is 3. The van der Waals surface area contributed by atoms with E-state index in [2.05, 4.69) is 0 Å². The van der Waals surface area contributed by atoms with Gasteiger partial charge in [-0.2, -0.15) is 0 Å². The number of ether oxygens (including phenoxy) is 1. The minimum absolute atomic E-state index is 0.119. The van der Waals surface area contributed by atoms with E-state index in [-0.39, 0.29) is 12.5 Å². The van der Waals surface area contributed by atoms with E-state index in [1.807, 2.05) is 49.4 Å². The lowest BCUT2D eigenvalue weighted by atomic mass is 9.97. The molecule has 2 aromatic rings. The van der Waals surface area contributed by atoms with Crippen molar-refractivity contribution in [3.8, 4) is 16.9 Å². The molecule has 1 atom stereocenters. The van der Waals surface area contributed by atoms with Crippen LogP contribution in [-0.2, 0) is 4.79 Å². The average molecular weight is 353 g/mol. The standard InChI is InChI=1S/C21H23NO4/c1-2-26-19-11-4-3-10-18(19)15-7-5-8-16(13-15)20(23)22-12-6-9-17(14-22)21(24)25/h3-5,7-8,10-11,13,17H,2,6,9,12,14H2,1H3,(H,24,25). The lowest BCUT2D eigenvalue weighted by Gasteiger charge is -2.30. The van der Waals surface area contributed by atoms with Gasteiger partial charge in [0, 0.05) is 24.2 Å². The molecular formula is C21H23NO4. The molecule has 0 radical (unpaired) electrons. The molecule has 3 rings (SSSR count). The molecule has 1 aliphatic rings. The SMILES string of the molecule is CCOc1ccccc1-c1cccc(C(=O)N2CCCC(C(=O)O)C2)c1. The van der Waals surface area contributed by atoms with Crippen LogP contribution in [-0.4, -0.2) is 41.6 Å². The number of carbonyl (C=O) groups excluding carboxylic acids is 1. The van der Waals surface area contributed by atoms with Crippen LogP contribution in [0.5, 0.6) is 5.75 Å². The molecule has 1 unspecified atom stereocenters. The van der Waals surface area contributed by atoms with Crippen molar-refractivity contribution in [2.24, 2.45) is 5.92 Å². The normalized spacial score (nSPS) is 17.0. The van der Waals surface area contributed by atoms with Gasteiger partial charge in [-0.3, -0.25) is 9.59 Å². The Bertz CT molecular complexity index is 802. The highest BCUT2D eigenvalue weighted by atomic mass is 16.5. The summed E-state index contributed by atoms with van der Waals surface area (Å²) in [5, 5.41) is 9.23. The van der Waals surface area contributed by atoms with Crippen LogP contribution >= 0.6 is 0 Å². The van der Waals surface area contributed by atoms with Crippen molar-refractivity contribution in [1.29, 1.82) is 0 Å². The molecule has 0 spiro atoms. The summed E-state index contributed by atoms with van der Waals surface area (Å²) in [5.74, 6) is -0.647. The molecule has 1 heterocycles. The van der Waals surface area contributed by atoms with Gasteiger partial charge in [0.2, 0.25) is 0 Å². The van der Waals surface area contributed by atoms with E-state index in [0.717, 1.165) is 23.3 Å². The fourth-order valence-corrected chi connectivity index (χ4v) is 3.35. The maximum Gasteiger partial charge on any atom is 0.308 e. The Morgan fingerprint density at radius 2 is 2.00 bits per heavy atom. The topological polar surface area (TPSA) is 66.8 Å². The predicted molar refractivity (Wildman–Crippen MR) is 99.3 cm³/mol. The molecule has 1 amide bonds. The molecule has 2 aromatic carbocycles. The van der Waals surface area contributed by atoms with Crippen molar-refractivity contribution < 1.29 is 19.4 Å². The van der Waals surface area contributed by atoms with Crippen molar-refractivity contribution in [2.45, 2.75) is 19.8 Å². The minimum Gasteiger partial charge on any atom is -0.493 e. The third-order valence-corrected chi connectivity index (χ3v) is 4.67. The van der Waals surface area contributed by atoms with E-state index >= 15 is 0 Å². The number of nitrogens with zero attached hydrogens (tertiary/aromatic N) is 1. The lowest BCUT2D eigenvalue weighted by Crippen LogP contribution is -2.42. The quantitative estimate of drug-likeness (QED) is 0.890. The van der Waals surface area contributed by atoms with Gasteiger partial charge in [0.15, 0.2) is 0 Å². The first kappa shape index (κ1) is 18.0. The third kappa shape index (κ3) is 3.87. The fourth-order valence-electron chi connectivity index (χ4n) is 3.35. The van der Waals surface area contributed by atoms with Crippen LogP contribution in [0, 0.1) is 5.92 Å². The van der Waals surface area contributed by atoms with Crippen molar-refractivity contribution in [2.75, 3.05) is 19.7 Å². The number of aliphatic carboxylic acids is 1. The zero-order valence-corrected chi connectivity index (χ0v) is 14.9. The molecule has 0 bridgehead atoms. The number of para-hydroxylation sites is 1. The molecule has 5 nitrogen and oxygen atoms in total. The van der Waals surface area contributed by atoms with Gasteiger partial charge >= 0.3 is 5.97 Å². The highest BCUT2D eigenvalue weighted by Crippen LogP contribution is 2.31. The van der Waals surface area contributed by atoms with E-state index in [4.69, 9.17) is 4.74 Å². The Morgan fingerprint density at radius 1 is 1.19 bits per heavy atom. The monoisotopic (exact) mass is 353 g/mol. The second kappa shape index (κ2) is 8.04. The molecule has 136 valence electrons. The maximum atomic E-state index is 12.9. The Morgan fingerprint density at radius 3 is 2.77 bits per heavy atom. The lowest BCUT2D eigenvalue weighted by molar-refractivity contribution is -0.143. The van der Waals surface area contributed by atoms with Gasteiger partial charge < -0.3 is 14.7 Å². The average Bonchev–Trinajstić information content (AvgIpc) is 2.68. The molecule has 1 aliphatic heterocycles. The molecule has 1 saturated heterocycles. The highest BCUT2D eigenvalue weighted by molar-refractivity contribution is 5.96. The van der Waals surface area contributed by atoms with Crippen LogP contribution in [0.1, 0.15) is 30.1 Å². The molecule has 0 saturated carbocycles. The van der Waals surface area contributed by atoms with Crippen molar-refractivity contribution in [3.63, 3.8) is 0 Å². The number of benzene rings is 2. The van der Waals surface area contributed by atoms with E-state index < -0.39 is 11.9 Å². The largest absolute Gasteiger partial charge is 0.493 e. The molecule has 0 aliphatic carbocycles. The summed E-state index contributed by atoms with van der Waals surface area (Å²) in [4.78, 5) is 25.8. The van der Waals surface area contributed by atoms with E-state index in [1.165, 1.54) is 0 Å².